The minimum Gasteiger partial charge on any atom is -0.400 e. The van der Waals surface area contributed by atoms with Crippen molar-refractivity contribution in [2.75, 3.05) is 0 Å². The molecule has 1 saturated heterocycles. The van der Waals surface area contributed by atoms with Gasteiger partial charge in [0.1, 0.15) is 0 Å². The smallest absolute Gasteiger partial charge is 0.400 e. The van der Waals surface area contributed by atoms with Crippen LogP contribution in [0.2, 0.25) is 0 Å². The SMILES string of the molecule is C=CC/C(=C\NN)B1OC(C)(C)C(C)(C)O1. The highest BCUT2D eigenvalue weighted by molar-refractivity contribution is 6.54. The van der Waals surface area contributed by atoms with Crippen molar-refractivity contribution in [1.29, 1.82) is 0 Å². The van der Waals surface area contributed by atoms with Crippen molar-refractivity contribution in [3.05, 3.63) is 24.3 Å². The lowest BCUT2D eigenvalue weighted by molar-refractivity contribution is 0.00578. The molecular weight excluding hydrogens is 203 g/mol. The number of rotatable bonds is 4. The van der Waals surface area contributed by atoms with Crippen LogP contribution in [0.25, 0.3) is 0 Å². The van der Waals surface area contributed by atoms with E-state index in [1.165, 1.54) is 0 Å². The molecule has 0 amide bonds. The average molecular weight is 224 g/mol. The van der Waals surface area contributed by atoms with E-state index >= 15 is 0 Å². The highest BCUT2D eigenvalue weighted by Gasteiger charge is 2.52. The standard InChI is InChI=1S/C11H21BN2O2/c1-6-7-9(8-14-13)12-15-10(2,3)11(4,5)16-12/h6,8,14H,1,7,13H2,2-5H3/b9-8+. The summed E-state index contributed by atoms with van der Waals surface area (Å²) in [5, 5.41) is 0. The third-order valence-corrected chi connectivity index (χ3v) is 3.20. The summed E-state index contributed by atoms with van der Waals surface area (Å²) in [6.45, 7) is 11.8. The molecule has 0 unspecified atom stereocenters. The number of nitrogens with one attached hydrogen (secondary N) is 1. The number of nitrogens with two attached hydrogens (primary N) is 1. The molecule has 0 aromatic heterocycles. The number of allylic oxidation sites excluding steroid dienone is 2. The topological polar surface area (TPSA) is 56.5 Å². The van der Waals surface area contributed by atoms with Crippen molar-refractivity contribution < 1.29 is 9.31 Å². The van der Waals surface area contributed by atoms with Crippen LogP contribution in [0, 0.1) is 0 Å². The molecule has 0 atom stereocenters. The lowest BCUT2D eigenvalue weighted by Gasteiger charge is -2.32. The third kappa shape index (κ3) is 2.48. The van der Waals surface area contributed by atoms with Crippen molar-refractivity contribution in [2.24, 2.45) is 5.84 Å². The molecule has 5 heteroatoms. The van der Waals surface area contributed by atoms with E-state index in [4.69, 9.17) is 15.2 Å². The summed E-state index contributed by atoms with van der Waals surface area (Å²) >= 11 is 0. The first-order valence-electron chi connectivity index (χ1n) is 5.45. The molecule has 1 rings (SSSR count). The first-order valence-corrected chi connectivity index (χ1v) is 5.45. The lowest BCUT2D eigenvalue weighted by atomic mass is 9.77. The molecule has 0 aromatic rings. The van der Waals surface area contributed by atoms with Crippen molar-refractivity contribution in [3.8, 4) is 0 Å². The van der Waals surface area contributed by atoms with Crippen molar-refractivity contribution in [2.45, 2.75) is 45.3 Å². The zero-order chi connectivity index (χ0) is 12.4. The molecule has 0 aromatic carbocycles. The fourth-order valence-electron chi connectivity index (χ4n) is 1.49. The van der Waals surface area contributed by atoms with Crippen LogP contribution in [0.15, 0.2) is 24.3 Å². The molecule has 0 spiro atoms. The van der Waals surface area contributed by atoms with Crippen LogP contribution in [-0.4, -0.2) is 18.3 Å². The van der Waals surface area contributed by atoms with Crippen LogP contribution >= 0.6 is 0 Å². The average Bonchev–Trinajstić information content (AvgIpc) is 2.36. The second-order valence-corrected chi connectivity index (χ2v) is 4.97. The molecule has 0 bridgehead atoms. The van der Waals surface area contributed by atoms with E-state index in [1.54, 1.807) is 12.3 Å². The van der Waals surface area contributed by atoms with E-state index in [2.05, 4.69) is 12.0 Å². The minimum absolute atomic E-state index is 0.327. The Morgan fingerprint density at radius 2 is 1.81 bits per heavy atom. The van der Waals surface area contributed by atoms with Gasteiger partial charge in [0.05, 0.1) is 11.2 Å². The van der Waals surface area contributed by atoms with E-state index in [0.717, 1.165) is 5.47 Å². The first-order chi connectivity index (χ1) is 7.34. The minimum atomic E-state index is -0.362. The summed E-state index contributed by atoms with van der Waals surface area (Å²) in [6.07, 6.45) is 4.18. The summed E-state index contributed by atoms with van der Waals surface area (Å²) in [4.78, 5) is 0. The van der Waals surface area contributed by atoms with Gasteiger partial charge in [0.2, 0.25) is 0 Å². The fourth-order valence-corrected chi connectivity index (χ4v) is 1.49. The van der Waals surface area contributed by atoms with Gasteiger partial charge in [0, 0.05) is 6.20 Å². The summed E-state index contributed by atoms with van der Waals surface area (Å²) in [5.41, 5.74) is 2.80. The zero-order valence-corrected chi connectivity index (χ0v) is 10.5. The van der Waals surface area contributed by atoms with Gasteiger partial charge in [-0.3, -0.25) is 5.84 Å². The predicted molar refractivity (Wildman–Crippen MR) is 66.3 cm³/mol. The molecule has 16 heavy (non-hydrogen) atoms. The molecule has 1 heterocycles. The molecule has 1 aliphatic rings. The molecule has 0 aliphatic carbocycles. The summed E-state index contributed by atoms with van der Waals surface area (Å²) in [6, 6.07) is 0. The Labute approximate surface area is 98.0 Å². The largest absolute Gasteiger partial charge is 0.492 e. The van der Waals surface area contributed by atoms with Crippen LogP contribution in [0.1, 0.15) is 34.1 Å². The van der Waals surface area contributed by atoms with Crippen LogP contribution in [0.5, 0.6) is 0 Å². The summed E-state index contributed by atoms with van der Waals surface area (Å²) in [7, 11) is -0.362. The lowest BCUT2D eigenvalue weighted by Crippen LogP contribution is -2.41. The van der Waals surface area contributed by atoms with Gasteiger partial charge in [0.25, 0.3) is 0 Å². The molecular formula is C11H21BN2O2. The van der Waals surface area contributed by atoms with E-state index < -0.39 is 0 Å². The quantitative estimate of drug-likeness (QED) is 0.329. The van der Waals surface area contributed by atoms with E-state index in [0.29, 0.717) is 6.42 Å². The highest BCUT2D eigenvalue weighted by atomic mass is 16.7. The van der Waals surface area contributed by atoms with Gasteiger partial charge in [-0.2, -0.15) is 0 Å². The van der Waals surface area contributed by atoms with Crippen LogP contribution in [-0.2, 0) is 9.31 Å². The van der Waals surface area contributed by atoms with Gasteiger partial charge in [0.15, 0.2) is 0 Å². The maximum Gasteiger partial charge on any atom is 0.492 e. The number of hydrogen-bond acceptors (Lipinski definition) is 4. The molecule has 4 nitrogen and oxygen atoms in total. The Morgan fingerprint density at radius 1 is 1.31 bits per heavy atom. The van der Waals surface area contributed by atoms with Crippen LogP contribution < -0.4 is 11.3 Å². The molecule has 3 N–H and O–H groups in total. The number of hydrazine groups is 1. The maximum atomic E-state index is 5.90. The monoisotopic (exact) mass is 224 g/mol. The van der Waals surface area contributed by atoms with Crippen molar-refractivity contribution in [3.63, 3.8) is 0 Å². The maximum absolute atomic E-state index is 5.90. The molecule has 1 fully saturated rings. The van der Waals surface area contributed by atoms with E-state index in [1.807, 2.05) is 27.7 Å². The highest BCUT2D eigenvalue weighted by Crippen LogP contribution is 2.38. The Balaban J connectivity index is 2.84. The normalized spacial score (nSPS) is 23.3. The van der Waals surface area contributed by atoms with Gasteiger partial charge >= 0.3 is 7.12 Å². The summed E-state index contributed by atoms with van der Waals surface area (Å²) < 4.78 is 11.8. The van der Waals surface area contributed by atoms with Gasteiger partial charge < -0.3 is 14.7 Å². The molecule has 1 aliphatic heterocycles. The predicted octanol–water partition coefficient (Wildman–Crippen LogP) is 1.54. The van der Waals surface area contributed by atoms with Crippen molar-refractivity contribution in [1.82, 2.24) is 5.43 Å². The second-order valence-electron chi connectivity index (χ2n) is 4.97. The van der Waals surface area contributed by atoms with E-state index in [-0.39, 0.29) is 18.3 Å². The van der Waals surface area contributed by atoms with E-state index in [9.17, 15) is 0 Å². The Morgan fingerprint density at radius 3 is 2.19 bits per heavy atom. The first kappa shape index (κ1) is 13.3. The molecule has 90 valence electrons. The van der Waals surface area contributed by atoms with Crippen LogP contribution in [0.4, 0.5) is 0 Å². The van der Waals surface area contributed by atoms with Gasteiger partial charge in [-0.15, -0.1) is 6.58 Å². The third-order valence-electron chi connectivity index (χ3n) is 3.20. The van der Waals surface area contributed by atoms with Gasteiger partial charge in [-0.1, -0.05) is 6.08 Å². The molecule has 0 saturated carbocycles. The second kappa shape index (κ2) is 4.61. The Hall–Kier alpha value is -0.775. The van der Waals surface area contributed by atoms with Crippen LogP contribution in [0.3, 0.4) is 0 Å². The van der Waals surface area contributed by atoms with Gasteiger partial charge in [-0.05, 0) is 39.6 Å². The Kier molecular flexibility index (Phi) is 3.83. The number of hydrogen-bond donors (Lipinski definition) is 2. The zero-order valence-electron chi connectivity index (χ0n) is 10.5. The van der Waals surface area contributed by atoms with Crippen molar-refractivity contribution >= 4 is 7.12 Å². The van der Waals surface area contributed by atoms with Gasteiger partial charge in [-0.25, -0.2) is 0 Å². The Bertz CT molecular complexity index is 284. The molecule has 0 radical (unpaired) electrons. The fraction of sp³-hybridized carbons (Fsp3) is 0.636. The summed E-state index contributed by atoms with van der Waals surface area (Å²) in [5.74, 6) is 5.29.